The van der Waals surface area contributed by atoms with Crippen LogP contribution in [0.1, 0.15) is 23.7 Å². The molecule has 0 aliphatic carbocycles. The topological polar surface area (TPSA) is 172 Å². The fourth-order valence-corrected chi connectivity index (χ4v) is 5.23. The first-order valence-electron chi connectivity index (χ1n) is 11.4. The predicted molar refractivity (Wildman–Crippen MR) is 147 cm³/mol. The molecule has 0 spiro atoms. The van der Waals surface area contributed by atoms with Gasteiger partial charge in [-0.3, -0.25) is 4.79 Å². The molecule has 0 aliphatic heterocycles. The number of carboxylic acids is 2. The molecule has 37 heavy (non-hydrogen) atoms. The van der Waals surface area contributed by atoms with Crippen molar-refractivity contribution >= 4 is 56.9 Å². The van der Waals surface area contributed by atoms with E-state index in [1.165, 1.54) is 11.6 Å². The Bertz CT molecular complexity index is 1210. The molecule has 7 N–H and O–H groups in total. The minimum Gasteiger partial charge on any atom is -0.506 e. The highest BCUT2D eigenvalue weighted by molar-refractivity contribution is 7.99. The van der Waals surface area contributed by atoms with E-state index in [1.54, 1.807) is 6.07 Å². The second-order valence-electron chi connectivity index (χ2n) is 7.78. The van der Waals surface area contributed by atoms with Crippen LogP contribution in [0.5, 0.6) is 5.75 Å². The summed E-state index contributed by atoms with van der Waals surface area (Å²) in [4.78, 5) is 32.1. The summed E-state index contributed by atoms with van der Waals surface area (Å²) < 4.78 is 0.607. The number of carboxylic acid groups (broad SMARTS) is 2. The van der Waals surface area contributed by atoms with Crippen molar-refractivity contribution in [3.05, 3.63) is 62.2 Å². The van der Waals surface area contributed by atoms with E-state index in [1.807, 2.05) is 30.0 Å². The summed E-state index contributed by atoms with van der Waals surface area (Å²) in [5.41, 5.74) is 2.22. The zero-order chi connectivity index (χ0) is 27.2. The molecular weight excluding hydrogens is 542 g/mol. The largest absolute Gasteiger partial charge is 0.506 e. The lowest BCUT2D eigenvalue weighted by Crippen LogP contribution is -2.24. The second-order valence-corrected chi connectivity index (χ2v) is 10.4. The molecule has 202 valence electrons. The fourth-order valence-electron chi connectivity index (χ4n) is 3.25. The van der Waals surface area contributed by atoms with Crippen LogP contribution in [0.25, 0.3) is 10.2 Å². The van der Waals surface area contributed by atoms with E-state index < -0.39 is 18.0 Å². The van der Waals surface area contributed by atoms with Crippen LogP contribution in [-0.2, 0) is 16.0 Å². The number of hydrogen-bond acceptors (Lipinski definition) is 9. The number of carbonyl (C=O) groups is 2. The molecule has 0 fully saturated rings. The smallest absolute Gasteiger partial charge is 0.414 e. The molecule has 10 nitrogen and oxygen atoms in total. The number of halogens is 1. The number of phenols is 1. The molecular formula is C24H30ClN3O7S2. The number of thiazole rings is 1. The number of H-pyrrole nitrogens is 1. The first kappa shape index (κ1) is 30.6. The van der Waals surface area contributed by atoms with E-state index >= 15 is 0 Å². The molecule has 1 heterocycles. The maximum atomic E-state index is 11.6. The lowest BCUT2D eigenvalue weighted by Gasteiger charge is -2.13. The number of rotatable bonds is 13. The summed E-state index contributed by atoms with van der Waals surface area (Å²) in [5.74, 6) is -1.58. The van der Waals surface area contributed by atoms with E-state index in [0.717, 1.165) is 60.3 Å². The van der Waals surface area contributed by atoms with Crippen molar-refractivity contribution in [2.45, 2.75) is 18.9 Å². The molecule has 0 aliphatic rings. The van der Waals surface area contributed by atoms with Gasteiger partial charge in [-0.05, 0) is 49.4 Å². The first-order chi connectivity index (χ1) is 17.7. The molecule has 1 aromatic heterocycles. The van der Waals surface area contributed by atoms with Gasteiger partial charge in [0.1, 0.15) is 11.3 Å². The van der Waals surface area contributed by atoms with E-state index in [2.05, 4.69) is 21.7 Å². The average molecular weight is 572 g/mol. The predicted octanol–water partition coefficient (Wildman–Crippen LogP) is 2.68. The van der Waals surface area contributed by atoms with Gasteiger partial charge < -0.3 is 36.0 Å². The zero-order valence-electron chi connectivity index (χ0n) is 19.9. The number of phenolic OH excluding ortho intramolecular Hbond substituents is 1. The zero-order valence-corrected chi connectivity index (χ0v) is 22.3. The number of benzene rings is 2. The average Bonchev–Trinajstić information content (AvgIpc) is 3.26. The molecule has 0 amide bonds. The number of aromatic amines is 1. The van der Waals surface area contributed by atoms with Crippen molar-refractivity contribution in [3.8, 4) is 5.75 Å². The first-order valence-corrected chi connectivity index (χ1v) is 13.8. The lowest BCUT2D eigenvalue weighted by molar-refractivity contribution is -0.159. The van der Waals surface area contributed by atoms with Crippen molar-refractivity contribution in [1.82, 2.24) is 15.6 Å². The Morgan fingerprint density at radius 3 is 2.46 bits per heavy atom. The second kappa shape index (κ2) is 16.3. The molecule has 13 heteroatoms. The summed E-state index contributed by atoms with van der Waals surface area (Å²) in [6.45, 7) is 3.11. The van der Waals surface area contributed by atoms with Crippen LogP contribution in [0, 0.1) is 0 Å². The van der Waals surface area contributed by atoms with E-state index in [0.29, 0.717) is 22.3 Å². The van der Waals surface area contributed by atoms with Crippen LogP contribution in [0.2, 0.25) is 5.02 Å². The Balaban J connectivity index is 0.000000717. The maximum absolute atomic E-state index is 11.6. The molecule has 0 bridgehead atoms. The lowest BCUT2D eigenvalue weighted by atomic mass is 10.1. The normalized spacial score (nSPS) is 11.6. The highest BCUT2D eigenvalue weighted by Crippen LogP contribution is 2.31. The quantitative estimate of drug-likeness (QED) is 0.119. The van der Waals surface area contributed by atoms with E-state index in [4.69, 9.17) is 31.4 Å². The van der Waals surface area contributed by atoms with Gasteiger partial charge >= 0.3 is 16.8 Å². The minimum atomic E-state index is -1.82. The Kier molecular flexibility index (Phi) is 13.5. The van der Waals surface area contributed by atoms with Crippen LogP contribution in [-0.4, -0.2) is 75.0 Å². The van der Waals surface area contributed by atoms with Crippen molar-refractivity contribution in [2.24, 2.45) is 0 Å². The highest BCUT2D eigenvalue weighted by atomic mass is 35.5. The number of aromatic nitrogens is 1. The van der Waals surface area contributed by atoms with Crippen LogP contribution >= 0.6 is 34.7 Å². The van der Waals surface area contributed by atoms with Crippen molar-refractivity contribution in [2.75, 3.05) is 37.7 Å². The summed E-state index contributed by atoms with van der Waals surface area (Å²) in [5, 5.41) is 42.6. The molecule has 3 rings (SSSR count). The molecule has 2 aromatic carbocycles. The van der Waals surface area contributed by atoms with E-state index in [9.17, 15) is 15.0 Å². The molecule has 0 saturated heterocycles. The monoisotopic (exact) mass is 571 g/mol. The number of aliphatic hydroxyl groups excluding tert-OH is 1. The van der Waals surface area contributed by atoms with E-state index in [-0.39, 0.29) is 10.6 Å². The molecule has 0 radical (unpaired) electrons. The van der Waals surface area contributed by atoms with Gasteiger partial charge in [0.2, 0.25) is 0 Å². The third-order valence-electron chi connectivity index (χ3n) is 5.06. The van der Waals surface area contributed by atoms with Crippen molar-refractivity contribution in [1.29, 1.82) is 0 Å². The van der Waals surface area contributed by atoms with Crippen LogP contribution in [0.15, 0.2) is 41.2 Å². The standard InChI is InChI=1S/C22H28ClN3O3S2.C2H2O4/c23-17-5-2-1-4-15(17)8-10-24-9-3-12-30-13-11-25-14-19(28)16-6-7-18(27)20-21(16)31-22(29)26-20;3-1(4)2(5)6/h1-2,4-7,19,24-25,27-28H,3,8-14H2,(H,26,29);(H,3,4)(H,5,6)/t19-;/m0./s1. The molecule has 1 atom stereocenters. The maximum Gasteiger partial charge on any atom is 0.414 e. The highest BCUT2D eigenvalue weighted by Gasteiger charge is 2.15. The van der Waals surface area contributed by atoms with Crippen LogP contribution in [0.3, 0.4) is 0 Å². The molecule has 0 unspecified atom stereocenters. The number of nitrogens with one attached hydrogen (secondary N) is 3. The Hall–Kier alpha value is -2.61. The summed E-state index contributed by atoms with van der Waals surface area (Å²) in [7, 11) is 0. The van der Waals surface area contributed by atoms with Crippen LogP contribution in [0.4, 0.5) is 0 Å². The van der Waals surface area contributed by atoms with Gasteiger partial charge in [0.05, 0.1) is 10.8 Å². The Labute approximate surface area is 226 Å². The Morgan fingerprint density at radius 2 is 1.76 bits per heavy atom. The number of aliphatic carboxylic acids is 2. The number of hydrogen-bond donors (Lipinski definition) is 7. The van der Waals surface area contributed by atoms with Gasteiger partial charge in [-0.15, -0.1) is 0 Å². The Morgan fingerprint density at radius 1 is 1.03 bits per heavy atom. The minimum absolute atomic E-state index is 0.0204. The number of thioether (sulfide) groups is 1. The van der Waals surface area contributed by atoms with Gasteiger partial charge in [0.15, 0.2) is 0 Å². The summed E-state index contributed by atoms with van der Waals surface area (Å²) in [6, 6.07) is 11.1. The fraction of sp³-hybridized carbons (Fsp3) is 0.375. The van der Waals surface area contributed by atoms with Crippen LogP contribution < -0.4 is 15.5 Å². The number of aliphatic hydroxyl groups is 1. The summed E-state index contributed by atoms with van der Waals surface area (Å²) in [6.07, 6.45) is 1.31. The van der Waals surface area contributed by atoms with Gasteiger partial charge in [-0.1, -0.05) is 47.2 Å². The third kappa shape index (κ3) is 10.7. The van der Waals surface area contributed by atoms with Gasteiger partial charge in [0.25, 0.3) is 0 Å². The summed E-state index contributed by atoms with van der Waals surface area (Å²) >= 11 is 9.04. The van der Waals surface area contributed by atoms with Gasteiger partial charge in [-0.2, -0.15) is 11.8 Å². The molecule has 3 aromatic rings. The molecule has 0 saturated carbocycles. The van der Waals surface area contributed by atoms with Crippen molar-refractivity contribution < 1.29 is 30.0 Å². The van der Waals surface area contributed by atoms with Crippen molar-refractivity contribution in [3.63, 3.8) is 0 Å². The SMILES string of the molecule is O=C(O)C(=O)O.O=c1[nH]c2c(O)ccc([C@@H](O)CNCCSCCCNCCc3ccccc3Cl)c2s1. The third-order valence-corrected chi connectivity index (χ3v) is 7.43. The number of fused-ring (bicyclic) bond motifs is 1. The van der Waals surface area contributed by atoms with Gasteiger partial charge in [0, 0.05) is 29.4 Å². The van der Waals surface area contributed by atoms with Gasteiger partial charge in [-0.25, -0.2) is 9.59 Å². The number of aromatic hydroxyl groups is 1.